The maximum absolute atomic E-state index is 12.2. The third kappa shape index (κ3) is 4.97. The number of ether oxygens (including phenoxy) is 1. The average molecular weight is 379 g/mol. The van der Waals surface area contributed by atoms with Crippen LogP contribution in [0, 0.1) is 0 Å². The Kier molecular flexibility index (Phi) is 6.09. The lowest BCUT2D eigenvalue weighted by atomic mass is 9.84. The molecule has 0 saturated carbocycles. The summed E-state index contributed by atoms with van der Waals surface area (Å²) in [6, 6.07) is 17.6. The molecule has 6 heteroatoms. The molecule has 1 amide bonds. The summed E-state index contributed by atoms with van der Waals surface area (Å²) >= 11 is 0. The average Bonchev–Trinajstić information content (AvgIpc) is 3.20. The minimum atomic E-state index is -0.136. The molecule has 6 nitrogen and oxygen atoms in total. The molecule has 1 heterocycles. The van der Waals surface area contributed by atoms with Crippen LogP contribution in [-0.4, -0.2) is 29.7 Å². The van der Waals surface area contributed by atoms with Crippen molar-refractivity contribution >= 4 is 5.91 Å². The molecule has 0 radical (unpaired) electrons. The van der Waals surface area contributed by atoms with Gasteiger partial charge in [-0.25, -0.2) is 0 Å². The van der Waals surface area contributed by atoms with Crippen LogP contribution >= 0.6 is 0 Å². The smallest absolute Gasteiger partial charge is 0.227 e. The topological polar surface area (TPSA) is 77.2 Å². The van der Waals surface area contributed by atoms with Crippen LogP contribution in [0.25, 0.3) is 11.4 Å². The third-order valence-electron chi connectivity index (χ3n) is 4.66. The van der Waals surface area contributed by atoms with Crippen LogP contribution in [0.2, 0.25) is 0 Å². The minimum Gasteiger partial charge on any atom is -0.497 e. The van der Waals surface area contributed by atoms with Crippen molar-refractivity contribution in [2.45, 2.75) is 32.1 Å². The minimum absolute atomic E-state index is 0.0341. The molecule has 1 aromatic heterocycles. The monoisotopic (exact) mass is 379 g/mol. The number of hydrogen-bond donors (Lipinski definition) is 1. The van der Waals surface area contributed by atoms with Gasteiger partial charge in [0.05, 0.1) is 7.11 Å². The van der Waals surface area contributed by atoms with E-state index in [0.29, 0.717) is 31.1 Å². The van der Waals surface area contributed by atoms with Crippen molar-refractivity contribution in [1.82, 2.24) is 15.5 Å². The summed E-state index contributed by atoms with van der Waals surface area (Å²) in [4.78, 5) is 16.6. The first-order valence-corrected chi connectivity index (χ1v) is 9.27. The molecule has 0 aliphatic rings. The molecule has 1 N–H and O–H groups in total. The zero-order valence-electron chi connectivity index (χ0n) is 16.4. The van der Waals surface area contributed by atoms with Crippen molar-refractivity contribution in [2.24, 2.45) is 0 Å². The van der Waals surface area contributed by atoms with Gasteiger partial charge in [0.2, 0.25) is 17.6 Å². The van der Waals surface area contributed by atoms with E-state index in [-0.39, 0.29) is 11.3 Å². The van der Waals surface area contributed by atoms with Gasteiger partial charge in [0, 0.05) is 30.4 Å². The maximum atomic E-state index is 12.2. The quantitative estimate of drug-likeness (QED) is 0.645. The van der Waals surface area contributed by atoms with Gasteiger partial charge in [-0.2, -0.15) is 4.98 Å². The molecule has 2 aromatic carbocycles. The third-order valence-corrected chi connectivity index (χ3v) is 4.66. The number of aromatic nitrogens is 2. The Labute approximate surface area is 164 Å². The van der Waals surface area contributed by atoms with Gasteiger partial charge >= 0.3 is 0 Å². The van der Waals surface area contributed by atoms with Gasteiger partial charge in [0.25, 0.3) is 0 Å². The van der Waals surface area contributed by atoms with Crippen molar-refractivity contribution in [1.29, 1.82) is 0 Å². The highest BCUT2D eigenvalue weighted by atomic mass is 16.5. The first kappa shape index (κ1) is 19.6. The van der Waals surface area contributed by atoms with Crippen molar-refractivity contribution in [3.05, 3.63) is 66.1 Å². The Morgan fingerprint density at radius 2 is 1.82 bits per heavy atom. The molecule has 0 unspecified atom stereocenters. The Hall–Kier alpha value is -3.15. The fraction of sp³-hybridized carbons (Fsp3) is 0.318. The number of carbonyl (C=O) groups is 1. The number of carbonyl (C=O) groups excluding carboxylic acids is 1. The number of benzene rings is 2. The first-order valence-electron chi connectivity index (χ1n) is 9.27. The van der Waals surface area contributed by atoms with Crippen LogP contribution < -0.4 is 10.1 Å². The van der Waals surface area contributed by atoms with E-state index in [1.165, 1.54) is 5.56 Å². The number of amides is 1. The van der Waals surface area contributed by atoms with E-state index in [4.69, 9.17) is 9.26 Å². The fourth-order valence-electron chi connectivity index (χ4n) is 2.83. The fourth-order valence-corrected chi connectivity index (χ4v) is 2.83. The maximum Gasteiger partial charge on any atom is 0.227 e. The number of nitrogens with one attached hydrogen (secondary N) is 1. The number of hydrogen-bond acceptors (Lipinski definition) is 5. The summed E-state index contributed by atoms with van der Waals surface area (Å²) in [5.41, 5.74) is 1.89. The second kappa shape index (κ2) is 8.69. The summed E-state index contributed by atoms with van der Waals surface area (Å²) in [5.74, 6) is 1.68. The molecule has 0 bridgehead atoms. The van der Waals surface area contributed by atoms with Gasteiger partial charge in [-0.05, 0) is 29.8 Å². The number of methoxy groups -OCH3 is 1. The second-order valence-electron chi connectivity index (χ2n) is 7.27. The van der Waals surface area contributed by atoms with E-state index in [1.54, 1.807) is 7.11 Å². The van der Waals surface area contributed by atoms with Gasteiger partial charge in [-0.3, -0.25) is 4.79 Å². The van der Waals surface area contributed by atoms with Crippen LogP contribution in [0.1, 0.15) is 31.7 Å². The molecule has 0 atom stereocenters. The Balaban J connectivity index is 1.50. The van der Waals surface area contributed by atoms with Crippen molar-refractivity contribution in [3.63, 3.8) is 0 Å². The van der Waals surface area contributed by atoms with Crippen LogP contribution in [0.4, 0.5) is 0 Å². The molecule has 3 rings (SSSR count). The lowest BCUT2D eigenvalue weighted by Gasteiger charge is -2.25. The molecule has 3 aromatic rings. The standard InChI is InChI=1S/C22H25N3O3/c1-22(2,17-7-5-4-6-8-17)15-23-19(26)13-14-20-24-21(25-28-20)16-9-11-18(27-3)12-10-16/h4-12H,13-15H2,1-3H3,(H,23,26). The highest BCUT2D eigenvalue weighted by Gasteiger charge is 2.21. The van der Waals surface area contributed by atoms with E-state index < -0.39 is 0 Å². The van der Waals surface area contributed by atoms with Gasteiger partial charge < -0.3 is 14.6 Å². The van der Waals surface area contributed by atoms with Gasteiger partial charge in [0.15, 0.2) is 0 Å². The zero-order valence-corrected chi connectivity index (χ0v) is 16.4. The van der Waals surface area contributed by atoms with Crippen LogP contribution in [0.15, 0.2) is 59.1 Å². The second-order valence-corrected chi connectivity index (χ2v) is 7.27. The van der Waals surface area contributed by atoms with Crippen LogP contribution in [0.3, 0.4) is 0 Å². The molecule has 0 fully saturated rings. The molecule has 0 aliphatic heterocycles. The predicted octanol–water partition coefficient (Wildman–Crippen LogP) is 3.77. The molecule has 0 saturated heterocycles. The van der Waals surface area contributed by atoms with E-state index >= 15 is 0 Å². The number of nitrogens with zero attached hydrogens (tertiary/aromatic N) is 2. The van der Waals surface area contributed by atoms with E-state index in [0.717, 1.165) is 11.3 Å². The van der Waals surface area contributed by atoms with Crippen LogP contribution in [0.5, 0.6) is 5.75 Å². The summed E-state index contributed by atoms with van der Waals surface area (Å²) in [6.45, 7) is 4.79. The Bertz CT molecular complexity index is 902. The summed E-state index contributed by atoms with van der Waals surface area (Å²) in [5, 5.41) is 6.99. The van der Waals surface area contributed by atoms with E-state index in [2.05, 4.69) is 41.4 Å². The normalized spacial score (nSPS) is 11.2. The Morgan fingerprint density at radius 3 is 2.50 bits per heavy atom. The highest BCUT2D eigenvalue weighted by molar-refractivity contribution is 5.76. The summed E-state index contributed by atoms with van der Waals surface area (Å²) < 4.78 is 10.4. The summed E-state index contributed by atoms with van der Waals surface area (Å²) in [6.07, 6.45) is 0.704. The van der Waals surface area contributed by atoms with E-state index in [1.807, 2.05) is 42.5 Å². The molecule has 0 spiro atoms. The van der Waals surface area contributed by atoms with Crippen LogP contribution in [-0.2, 0) is 16.6 Å². The summed E-state index contributed by atoms with van der Waals surface area (Å²) in [7, 11) is 1.62. The number of aryl methyl sites for hydroxylation is 1. The van der Waals surface area contributed by atoms with Crippen molar-refractivity contribution < 1.29 is 14.1 Å². The highest BCUT2D eigenvalue weighted by Crippen LogP contribution is 2.22. The van der Waals surface area contributed by atoms with Gasteiger partial charge in [-0.1, -0.05) is 49.3 Å². The molecular formula is C22H25N3O3. The largest absolute Gasteiger partial charge is 0.497 e. The molecule has 28 heavy (non-hydrogen) atoms. The zero-order chi connectivity index (χ0) is 20.0. The SMILES string of the molecule is COc1ccc(-c2noc(CCC(=O)NCC(C)(C)c3ccccc3)n2)cc1. The predicted molar refractivity (Wildman–Crippen MR) is 107 cm³/mol. The molecule has 146 valence electrons. The lowest BCUT2D eigenvalue weighted by molar-refractivity contribution is -0.121. The van der Waals surface area contributed by atoms with Crippen molar-refractivity contribution in [3.8, 4) is 17.1 Å². The first-order chi connectivity index (χ1) is 13.5. The van der Waals surface area contributed by atoms with E-state index in [9.17, 15) is 4.79 Å². The Morgan fingerprint density at radius 1 is 1.11 bits per heavy atom. The van der Waals surface area contributed by atoms with Gasteiger partial charge in [0.1, 0.15) is 5.75 Å². The molecule has 0 aliphatic carbocycles. The number of rotatable bonds is 8. The van der Waals surface area contributed by atoms with Crippen molar-refractivity contribution in [2.75, 3.05) is 13.7 Å². The van der Waals surface area contributed by atoms with Gasteiger partial charge in [-0.15, -0.1) is 0 Å². The molecular weight excluding hydrogens is 354 g/mol. The lowest BCUT2D eigenvalue weighted by Crippen LogP contribution is -2.36.